The Morgan fingerprint density at radius 3 is 2.38 bits per heavy atom. The highest BCUT2D eigenvalue weighted by molar-refractivity contribution is 7.90. The smallest absolute Gasteiger partial charge is 0.285 e. The Morgan fingerprint density at radius 1 is 1.12 bits per heavy atom. The van der Waals surface area contributed by atoms with Gasteiger partial charge >= 0.3 is 0 Å². The minimum atomic E-state index is -3.38. The second-order valence-corrected chi connectivity index (χ2v) is 5.36. The van der Waals surface area contributed by atoms with Crippen molar-refractivity contribution in [3.8, 4) is 11.1 Å². The highest BCUT2D eigenvalue weighted by Crippen LogP contribution is 2.29. The number of rotatable bonds is 2. The molecule has 0 aliphatic rings. The van der Waals surface area contributed by atoms with Gasteiger partial charge in [-0.05, 0) is 12.1 Å². The molecule has 0 saturated heterocycles. The largest absolute Gasteiger partial charge is 0.439 e. The van der Waals surface area contributed by atoms with E-state index in [2.05, 4.69) is 4.42 Å². The van der Waals surface area contributed by atoms with Crippen LogP contribution in [0.2, 0.25) is 0 Å². The van der Waals surface area contributed by atoms with Gasteiger partial charge in [0.05, 0.1) is 16.7 Å². The molecule has 5 heteroatoms. The zero-order chi connectivity index (χ0) is 11.8. The van der Waals surface area contributed by atoms with Gasteiger partial charge < -0.3 is 4.42 Å². The van der Waals surface area contributed by atoms with Gasteiger partial charge in [-0.1, -0.05) is 18.2 Å². The van der Waals surface area contributed by atoms with Gasteiger partial charge in [0.15, 0.2) is 9.84 Å². The molecule has 0 radical (unpaired) electrons. The van der Waals surface area contributed by atoms with Crippen molar-refractivity contribution in [2.24, 2.45) is 0 Å². The molecule has 0 atom stereocenters. The number of benzene rings is 1. The minimum Gasteiger partial charge on any atom is -0.439 e. The van der Waals surface area contributed by atoms with E-state index in [1.165, 1.54) is 18.4 Å². The van der Waals surface area contributed by atoms with Gasteiger partial charge in [-0.15, -0.1) is 0 Å². The molecular formula is C11H9FO3S. The minimum absolute atomic E-state index is 0.0929. The molecule has 0 N–H and O–H groups in total. The van der Waals surface area contributed by atoms with Crippen LogP contribution >= 0.6 is 0 Å². The van der Waals surface area contributed by atoms with Crippen LogP contribution < -0.4 is 0 Å². The molecule has 2 aromatic rings. The standard InChI is InChI=1S/C11H9FO3S/c1-16(13,14)10-5-3-2-4-8(10)9-6-7-15-11(9)12/h2-7H,1H3. The fourth-order valence-electron chi connectivity index (χ4n) is 1.50. The molecule has 0 fully saturated rings. The summed E-state index contributed by atoms with van der Waals surface area (Å²) in [5, 5.41) is 0. The third kappa shape index (κ3) is 1.86. The molecular weight excluding hydrogens is 231 g/mol. The number of hydrogen-bond donors (Lipinski definition) is 0. The molecule has 0 aliphatic heterocycles. The lowest BCUT2D eigenvalue weighted by Gasteiger charge is -2.05. The van der Waals surface area contributed by atoms with Crippen molar-refractivity contribution < 1.29 is 17.2 Å². The summed E-state index contributed by atoms with van der Waals surface area (Å²) in [7, 11) is -3.38. The van der Waals surface area contributed by atoms with Gasteiger partial charge in [0.2, 0.25) is 0 Å². The number of sulfone groups is 1. The van der Waals surface area contributed by atoms with Crippen LogP contribution in [0.3, 0.4) is 0 Å². The molecule has 0 amide bonds. The normalized spacial score (nSPS) is 11.6. The van der Waals surface area contributed by atoms with Crippen molar-refractivity contribution in [3.05, 3.63) is 42.6 Å². The number of halogens is 1. The summed E-state index contributed by atoms with van der Waals surface area (Å²) in [5.74, 6) is 0. The topological polar surface area (TPSA) is 47.3 Å². The lowest BCUT2D eigenvalue weighted by atomic mass is 10.1. The van der Waals surface area contributed by atoms with Crippen LogP contribution in [0.15, 0.2) is 45.9 Å². The summed E-state index contributed by atoms with van der Waals surface area (Å²) in [4.78, 5) is 0.0929. The molecule has 1 heterocycles. The van der Waals surface area contributed by atoms with E-state index >= 15 is 0 Å². The van der Waals surface area contributed by atoms with E-state index in [0.29, 0.717) is 5.56 Å². The van der Waals surface area contributed by atoms with E-state index in [0.717, 1.165) is 6.26 Å². The first-order chi connectivity index (χ1) is 7.50. The Balaban J connectivity index is 2.72. The Bertz CT molecular complexity index is 614. The first-order valence-electron chi connectivity index (χ1n) is 4.52. The lowest BCUT2D eigenvalue weighted by molar-refractivity contribution is 0.361. The van der Waals surface area contributed by atoms with Crippen molar-refractivity contribution in [1.29, 1.82) is 0 Å². The summed E-state index contributed by atoms with van der Waals surface area (Å²) >= 11 is 0. The van der Waals surface area contributed by atoms with Crippen LogP contribution in [-0.4, -0.2) is 14.7 Å². The van der Waals surface area contributed by atoms with Gasteiger partial charge in [0.1, 0.15) is 0 Å². The molecule has 1 aromatic heterocycles. The van der Waals surface area contributed by atoms with E-state index < -0.39 is 15.9 Å². The van der Waals surface area contributed by atoms with Gasteiger partial charge in [-0.3, -0.25) is 0 Å². The fraction of sp³-hybridized carbons (Fsp3) is 0.0909. The van der Waals surface area contributed by atoms with E-state index in [1.807, 2.05) is 0 Å². The second-order valence-electron chi connectivity index (χ2n) is 3.38. The number of furan rings is 1. The van der Waals surface area contributed by atoms with E-state index in [4.69, 9.17) is 0 Å². The van der Waals surface area contributed by atoms with Gasteiger partial charge in [0, 0.05) is 11.8 Å². The Morgan fingerprint density at radius 2 is 1.81 bits per heavy atom. The van der Waals surface area contributed by atoms with Crippen LogP contribution in [0.4, 0.5) is 4.39 Å². The van der Waals surface area contributed by atoms with Gasteiger partial charge in [-0.25, -0.2) is 8.42 Å². The molecule has 84 valence electrons. The quantitative estimate of drug-likeness (QED) is 0.810. The van der Waals surface area contributed by atoms with E-state index in [9.17, 15) is 12.8 Å². The fourth-order valence-corrected chi connectivity index (χ4v) is 2.40. The Hall–Kier alpha value is -1.62. The Kier molecular flexibility index (Phi) is 2.55. The summed E-state index contributed by atoms with van der Waals surface area (Å²) in [5.41, 5.74) is 0.470. The molecule has 2 rings (SSSR count). The summed E-state index contributed by atoms with van der Waals surface area (Å²) in [6.45, 7) is 0. The SMILES string of the molecule is CS(=O)(=O)c1ccccc1-c1ccoc1F. The van der Waals surface area contributed by atoms with Crippen molar-refractivity contribution in [3.63, 3.8) is 0 Å². The third-order valence-corrected chi connectivity index (χ3v) is 3.35. The van der Waals surface area contributed by atoms with Gasteiger partial charge in [0.25, 0.3) is 6.01 Å². The summed E-state index contributed by atoms with van der Waals surface area (Å²) in [6.07, 6.45) is 2.27. The highest BCUT2D eigenvalue weighted by atomic mass is 32.2. The van der Waals surface area contributed by atoms with Crippen LogP contribution in [-0.2, 0) is 9.84 Å². The van der Waals surface area contributed by atoms with E-state index in [-0.39, 0.29) is 10.5 Å². The highest BCUT2D eigenvalue weighted by Gasteiger charge is 2.17. The van der Waals surface area contributed by atoms with Crippen LogP contribution in [0.5, 0.6) is 0 Å². The predicted octanol–water partition coefficient (Wildman–Crippen LogP) is 2.49. The monoisotopic (exact) mass is 240 g/mol. The van der Waals surface area contributed by atoms with Crippen molar-refractivity contribution in [2.75, 3.05) is 6.26 Å². The van der Waals surface area contributed by atoms with Crippen LogP contribution in [0, 0.1) is 6.01 Å². The lowest BCUT2D eigenvalue weighted by Crippen LogP contribution is -1.99. The molecule has 16 heavy (non-hydrogen) atoms. The summed E-state index contributed by atoms with van der Waals surface area (Å²) in [6, 6.07) is 6.85. The molecule has 0 unspecified atom stereocenters. The molecule has 0 saturated carbocycles. The van der Waals surface area contributed by atoms with Crippen LogP contribution in [0.1, 0.15) is 0 Å². The number of hydrogen-bond acceptors (Lipinski definition) is 3. The average Bonchev–Trinajstić information content (AvgIpc) is 2.63. The zero-order valence-electron chi connectivity index (χ0n) is 8.48. The zero-order valence-corrected chi connectivity index (χ0v) is 9.29. The third-order valence-electron chi connectivity index (χ3n) is 2.19. The van der Waals surface area contributed by atoms with Gasteiger partial charge in [-0.2, -0.15) is 4.39 Å². The van der Waals surface area contributed by atoms with Crippen LogP contribution in [0.25, 0.3) is 11.1 Å². The first-order valence-corrected chi connectivity index (χ1v) is 6.42. The van der Waals surface area contributed by atoms with Crippen molar-refractivity contribution in [2.45, 2.75) is 4.90 Å². The second kappa shape index (κ2) is 3.75. The molecule has 3 nitrogen and oxygen atoms in total. The van der Waals surface area contributed by atoms with Crippen molar-refractivity contribution >= 4 is 9.84 Å². The van der Waals surface area contributed by atoms with Crippen molar-refractivity contribution in [1.82, 2.24) is 0 Å². The maximum atomic E-state index is 13.2. The predicted molar refractivity (Wildman–Crippen MR) is 57.2 cm³/mol. The maximum Gasteiger partial charge on any atom is 0.285 e. The van der Waals surface area contributed by atoms with E-state index in [1.54, 1.807) is 18.2 Å². The first kappa shape index (κ1) is 10.9. The Labute approximate surface area is 92.4 Å². The summed E-state index contributed by atoms with van der Waals surface area (Å²) < 4.78 is 40.8. The molecule has 0 aliphatic carbocycles. The molecule has 0 bridgehead atoms. The maximum absolute atomic E-state index is 13.2. The molecule has 1 aromatic carbocycles. The molecule has 0 spiro atoms. The average molecular weight is 240 g/mol.